The normalized spacial score (nSPS) is 12.6. The molecule has 6 heteroatoms. The first-order valence-corrected chi connectivity index (χ1v) is 11.0. The SMILES string of the molecule is Cc1nc2c(ccn2COCC[Si](C)(C)C)n2cncc12. The van der Waals surface area contributed by atoms with Gasteiger partial charge in [-0.15, -0.1) is 0 Å². The van der Waals surface area contributed by atoms with E-state index >= 15 is 0 Å². The Morgan fingerprint density at radius 1 is 1.24 bits per heavy atom. The van der Waals surface area contributed by atoms with Gasteiger partial charge in [-0.2, -0.15) is 0 Å². The first-order chi connectivity index (χ1) is 9.96. The fourth-order valence-corrected chi connectivity index (χ4v) is 3.14. The van der Waals surface area contributed by atoms with Gasteiger partial charge in [-0.1, -0.05) is 19.6 Å². The van der Waals surface area contributed by atoms with Crippen LogP contribution < -0.4 is 0 Å². The summed E-state index contributed by atoms with van der Waals surface area (Å²) in [6.45, 7) is 10.5. The molecule has 112 valence electrons. The molecule has 0 aliphatic carbocycles. The van der Waals surface area contributed by atoms with Crippen LogP contribution in [0.2, 0.25) is 25.7 Å². The largest absolute Gasteiger partial charge is 0.361 e. The highest BCUT2D eigenvalue weighted by atomic mass is 28.3. The molecule has 0 N–H and O–H groups in total. The lowest BCUT2D eigenvalue weighted by Crippen LogP contribution is -2.22. The maximum absolute atomic E-state index is 5.83. The predicted octanol–water partition coefficient (Wildman–Crippen LogP) is 3.30. The molecule has 0 aliphatic rings. The lowest BCUT2D eigenvalue weighted by Gasteiger charge is -2.15. The number of rotatable bonds is 5. The first-order valence-electron chi connectivity index (χ1n) is 7.31. The van der Waals surface area contributed by atoms with E-state index in [0.717, 1.165) is 29.0 Å². The quantitative estimate of drug-likeness (QED) is 0.536. The van der Waals surface area contributed by atoms with Crippen LogP contribution in [0.25, 0.3) is 16.7 Å². The van der Waals surface area contributed by atoms with Gasteiger partial charge in [0, 0.05) is 20.9 Å². The number of fused-ring (bicyclic) bond motifs is 3. The molecule has 0 saturated carbocycles. The van der Waals surface area contributed by atoms with Crippen LogP contribution >= 0.6 is 0 Å². The van der Waals surface area contributed by atoms with E-state index in [0.29, 0.717) is 6.73 Å². The summed E-state index contributed by atoms with van der Waals surface area (Å²) in [7, 11) is -1.03. The molecule has 3 heterocycles. The van der Waals surface area contributed by atoms with E-state index in [2.05, 4.69) is 39.7 Å². The van der Waals surface area contributed by atoms with Gasteiger partial charge in [0.1, 0.15) is 6.73 Å². The highest BCUT2D eigenvalue weighted by Gasteiger charge is 2.13. The van der Waals surface area contributed by atoms with E-state index in [4.69, 9.17) is 9.72 Å². The number of ether oxygens (including phenoxy) is 1. The zero-order valence-electron chi connectivity index (χ0n) is 13.1. The standard InChI is InChI=1S/C15H22N4OSi/c1-12-14-9-16-10-19(14)13-5-6-18(15(13)17-12)11-20-7-8-21(2,3)4/h5-6,9-10H,7-8,11H2,1-4H3. The molecular formula is C15H22N4OSi. The topological polar surface area (TPSA) is 44.4 Å². The highest BCUT2D eigenvalue weighted by molar-refractivity contribution is 6.76. The minimum absolute atomic E-state index is 0.556. The zero-order valence-corrected chi connectivity index (χ0v) is 14.1. The van der Waals surface area contributed by atoms with Gasteiger partial charge in [0.05, 0.1) is 29.3 Å². The van der Waals surface area contributed by atoms with E-state index in [9.17, 15) is 0 Å². The molecule has 3 aromatic heterocycles. The molecule has 0 bridgehead atoms. The second kappa shape index (κ2) is 5.27. The van der Waals surface area contributed by atoms with Crippen molar-refractivity contribution in [2.24, 2.45) is 0 Å². The van der Waals surface area contributed by atoms with E-state index in [-0.39, 0.29) is 0 Å². The Morgan fingerprint density at radius 2 is 2.05 bits per heavy atom. The molecule has 0 fully saturated rings. The summed E-state index contributed by atoms with van der Waals surface area (Å²) < 4.78 is 9.97. The van der Waals surface area contributed by atoms with Crippen molar-refractivity contribution in [3.63, 3.8) is 0 Å². The lowest BCUT2D eigenvalue weighted by atomic mass is 10.4. The Bertz CT molecular complexity index is 769. The van der Waals surface area contributed by atoms with E-state index in [1.807, 2.05) is 25.6 Å². The van der Waals surface area contributed by atoms with Crippen LogP contribution in [0.1, 0.15) is 5.69 Å². The molecule has 0 aliphatic heterocycles. The fraction of sp³-hybridized carbons (Fsp3) is 0.467. The number of aryl methyl sites for hydroxylation is 1. The number of imidazole rings is 1. The number of aromatic nitrogens is 4. The van der Waals surface area contributed by atoms with Crippen molar-refractivity contribution in [2.75, 3.05) is 6.61 Å². The molecule has 0 amide bonds. The van der Waals surface area contributed by atoms with Crippen LogP contribution in [0, 0.1) is 6.92 Å². The van der Waals surface area contributed by atoms with Crippen molar-refractivity contribution in [3.8, 4) is 0 Å². The monoisotopic (exact) mass is 302 g/mol. The molecule has 0 aromatic carbocycles. The van der Waals surface area contributed by atoms with Crippen molar-refractivity contribution in [3.05, 3.63) is 30.5 Å². The molecule has 0 saturated heterocycles. The van der Waals surface area contributed by atoms with Crippen molar-refractivity contribution >= 4 is 24.8 Å². The third-order valence-electron chi connectivity index (χ3n) is 3.68. The molecule has 3 aromatic rings. The van der Waals surface area contributed by atoms with Crippen LogP contribution in [0.15, 0.2) is 24.8 Å². The van der Waals surface area contributed by atoms with Gasteiger partial charge in [-0.3, -0.25) is 4.40 Å². The van der Waals surface area contributed by atoms with Crippen LogP contribution in [0.5, 0.6) is 0 Å². The van der Waals surface area contributed by atoms with E-state index < -0.39 is 8.07 Å². The second-order valence-corrected chi connectivity index (χ2v) is 12.3. The van der Waals surface area contributed by atoms with Crippen LogP contribution in [-0.4, -0.2) is 33.6 Å². The Balaban J connectivity index is 1.82. The van der Waals surface area contributed by atoms with Crippen LogP contribution in [-0.2, 0) is 11.5 Å². The summed E-state index contributed by atoms with van der Waals surface area (Å²) in [5, 5.41) is 0. The Hall–Kier alpha value is -1.66. The molecule has 5 nitrogen and oxygen atoms in total. The summed E-state index contributed by atoms with van der Waals surface area (Å²) in [6, 6.07) is 3.25. The molecule has 0 radical (unpaired) electrons. The minimum Gasteiger partial charge on any atom is -0.361 e. The van der Waals surface area contributed by atoms with Gasteiger partial charge in [0.2, 0.25) is 0 Å². The average molecular weight is 302 g/mol. The maximum atomic E-state index is 5.83. The average Bonchev–Trinajstić information content (AvgIpc) is 3.00. The van der Waals surface area contributed by atoms with Gasteiger partial charge < -0.3 is 9.30 Å². The van der Waals surface area contributed by atoms with Crippen molar-refractivity contribution in [1.82, 2.24) is 18.9 Å². The number of hydrogen-bond acceptors (Lipinski definition) is 3. The van der Waals surface area contributed by atoms with E-state index in [1.165, 1.54) is 6.04 Å². The molecule has 0 unspecified atom stereocenters. The molecule has 0 spiro atoms. The van der Waals surface area contributed by atoms with Crippen molar-refractivity contribution < 1.29 is 4.74 Å². The smallest absolute Gasteiger partial charge is 0.159 e. The minimum atomic E-state index is -1.03. The summed E-state index contributed by atoms with van der Waals surface area (Å²) in [5.74, 6) is 0. The molecule has 0 atom stereocenters. The Morgan fingerprint density at radius 3 is 2.81 bits per heavy atom. The summed E-state index contributed by atoms with van der Waals surface area (Å²) in [4.78, 5) is 8.91. The molecule has 21 heavy (non-hydrogen) atoms. The number of hydrogen-bond donors (Lipinski definition) is 0. The van der Waals surface area contributed by atoms with Crippen molar-refractivity contribution in [1.29, 1.82) is 0 Å². The lowest BCUT2D eigenvalue weighted by molar-refractivity contribution is 0.0898. The summed E-state index contributed by atoms with van der Waals surface area (Å²) in [5.41, 5.74) is 4.06. The zero-order chi connectivity index (χ0) is 15.0. The number of nitrogens with zero attached hydrogens (tertiary/aromatic N) is 4. The van der Waals surface area contributed by atoms with Crippen molar-refractivity contribution in [2.45, 2.75) is 39.3 Å². The Kier molecular flexibility index (Phi) is 3.58. The highest BCUT2D eigenvalue weighted by Crippen LogP contribution is 2.18. The van der Waals surface area contributed by atoms with E-state index in [1.54, 1.807) is 0 Å². The van der Waals surface area contributed by atoms with Crippen LogP contribution in [0.4, 0.5) is 0 Å². The maximum Gasteiger partial charge on any atom is 0.159 e. The van der Waals surface area contributed by atoms with Gasteiger partial charge in [0.15, 0.2) is 5.65 Å². The summed E-state index contributed by atoms with van der Waals surface area (Å²) >= 11 is 0. The summed E-state index contributed by atoms with van der Waals surface area (Å²) in [6.07, 6.45) is 5.72. The molecular weight excluding hydrogens is 280 g/mol. The third kappa shape index (κ3) is 2.86. The second-order valence-electron chi connectivity index (χ2n) is 6.69. The van der Waals surface area contributed by atoms with Crippen LogP contribution in [0.3, 0.4) is 0 Å². The fourth-order valence-electron chi connectivity index (χ4n) is 2.38. The van der Waals surface area contributed by atoms with Gasteiger partial charge in [-0.25, -0.2) is 9.97 Å². The predicted molar refractivity (Wildman–Crippen MR) is 87.3 cm³/mol. The Labute approximate surface area is 125 Å². The van der Waals surface area contributed by atoms with Gasteiger partial charge >= 0.3 is 0 Å². The van der Waals surface area contributed by atoms with Gasteiger partial charge in [0.25, 0.3) is 0 Å². The van der Waals surface area contributed by atoms with Gasteiger partial charge in [-0.05, 0) is 19.0 Å². The third-order valence-corrected chi connectivity index (χ3v) is 5.39. The molecule has 3 rings (SSSR count). The first kappa shape index (κ1) is 14.3.